The zero-order chi connectivity index (χ0) is 19.9. The number of ether oxygens (including phenoxy) is 1. The van der Waals surface area contributed by atoms with Crippen LogP contribution in [0.3, 0.4) is 0 Å². The molecule has 4 rings (SSSR count). The number of halogens is 1. The van der Waals surface area contributed by atoms with Gasteiger partial charge in [0.05, 0.1) is 5.02 Å². The molecule has 1 amide bonds. The van der Waals surface area contributed by atoms with Gasteiger partial charge in [-0.25, -0.2) is 9.78 Å². The monoisotopic (exact) mass is 419 g/mol. The molecule has 1 aromatic heterocycles. The topological polar surface area (TPSA) is 54.5 Å². The highest BCUT2D eigenvalue weighted by molar-refractivity contribution is 7.13. The number of nitrogens with zero attached hydrogens (tertiary/aromatic N) is 2. The van der Waals surface area contributed by atoms with E-state index in [9.17, 15) is 4.79 Å². The van der Waals surface area contributed by atoms with E-state index < -0.39 is 5.60 Å². The van der Waals surface area contributed by atoms with Gasteiger partial charge in [-0.2, -0.15) is 0 Å². The summed E-state index contributed by atoms with van der Waals surface area (Å²) in [5, 5.41) is 6.73. The SMILES string of the molecule is CC(C)(C)OC(=O)N[C@H]1C[C@H]2CC[C@@H]1N2Cc1ccc(-c2nccs2)c(Cl)c1. The fraction of sp³-hybridized carbons (Fsp3) is 0.524. The van der Waals surface area contributed by atoms with Gasteiger partial charge in [0.2, 0.25) is 0 Å². The number of thiazole rings is 1. The van der Waals surface area contributed by atoms with Gasteiger partial charge in [-0.05, 0) is 51.7 Å². The van der Waals surface area contributed by atoms with Crippen molar-refractivity contribution in [2.75, 3.05) is 0 Å². The Hall–Kier alpha value is -1.63. The standard InChI is InChI=1S/C21H26ClN3O2S/c1-21(2,3)27-20(26)24-17-11-14-5-7-18(17)25(14)12-13-4-6-15(16(22)10-13)19-23-8-9-28-19/h4,6,8-10,14,17-18H,5,7,11-12H2,1-3H3,(H,24,26)/t14-,17+,18+/m1/s1. The van der Waals surface area contributed by atoms with Gasteiger partial charge in [-0.15, -0.1) is 11.3 Å². The first-order chi connectivity index (χ1) is 13.3. The summed E-state index contributed by atoms with van der Waals surface area (Å²) in [6.07, 6.45) is 4.75. The van der Waals surface area contributed by atoms with Crippen LogP contribution in [0.2, 0.25) is 5.02 Å². The van der Waals surface area contributed by atoms with E-state index in [0.717, 1.165) is 35.0 Å². The van der Waals surface area contributed by atoms with Gasteiger partial charge in [0.25, 0.3) is 0 Å². The normalized spacial score (nSPS) is 24.5. The molecule has 2 bridgehead atoms. The highest BCUT2D eigenvalue weighted by Gasteiger charge is 2.46. The van der Waals surface area contributed by atoms with Crippen molar-refractivity contribution in [1.29, 1.82) is 0 Å². The van der Waals surface area contributed by atoms with Crippen molar-refractivity contribution < 1.29 is 9.53 Å². The lowest BCUT2D eigenvalue weighted by Gasteiger charge is -2.27. The molecule has 2 aliphatic heterocycles. The van der Waals surface area contributed by atoms with Gasteiger partial charge in [-0.3, -0.25) is 4.90 Å². The minimum Gasteiger partial charge on any atom is -0.444 e. The van der Waals surface area contributed by atoms with Crippen LogP contribution in [0.25, 0.3) is 10.6 Å². The molecular formula is C21H26ClN3O2S. The van der Waals surface area contributed by atoms with Gasteiger partial charge in [0, 0.05) is 41.8 Å². The van der Waals surface area contributed by atoms with E-state index in [1.165, 1.54) is 12.0 Å². The Labute approximate surface area is 175 Å². The highest BCUT2D eigenvalue weighted by atomic mass is 35.5. The zero-order valence-electron chi connectivity index (χ0n) is 16.4. The Balaban J connectivity index is 1.42. The number of aromatic nitrogens is 1. The third-order valence-corrected chi connectivity index (χ3v) is 6.56. The van der Waals surface area contributed by atoms with Crippen LogP contribution in [0, 0.1) is 0 Å². The number of rotatable bonds is 4. The predicted octanol–water partition coefficient (Wildman–Crippen LogP) is 5.09. The van der Waals surface area contributed by atoms with Crippen molar-refractivity contribution >= 4 is 29.0 Å². The molecule has 2 aromatic rings. The fourth-order valence-corrected chi connectivity index (χ4v) is 5.39. The molecule has 2 fully saturated rings. The van der Waals surface area contributed by atoms with Crippen LogP contribution in [0.1, 0.15) is 45.6 Å². The van der Waals surface area contributed by atoms with Gasteiger partial charge >= 0.3 is 6.09 Å². The maximum atomic E-state index is 12.2. The molecule has 2 saturated heterocycles. The number of fused-ring (bicyclic) bond motifs is 2. The maximum absolute atomic E-state index is 12.2. The number of amides is 1. The van der Waals surface area contributed by atoms with E-state index in [-0.39, 0.29) is 12.1 Å². The molecule has 7 heteroatoms. The van der Waals surface area contributed by atoms with E-state index in [4.69, 9.17) is 16.3 Å². The Morgan fingerprint density at radius 2 is 2.21 bits per heavy atom. The largest absolute Gasteiger partial charge is 0.444 e. The van der Waals surface area contributed by atoms with E-state index in [2.05, 4.69) is 27.3 Å². The van der Waals surface area contributed by atoms with Crippen molar-refractivity contribution in [3.63, 3.8) is 0 Å². The summed E-state index contributed by atoms with van der Waals surface area (Å²) in [6.45, 7) is 6.51. The lowest BCUT2D eigenvalue weighted by Crippen LogP contribution is -2.45. The van der Waals surface area contributed by atoms with Gasteiger partial charge < -0.3 is 10.1 Å². The first-order valence-electron chi connectivity index (χ1n) is 9.74. The number of carbonyl (C=O) groups is 1. The molecule has 0 saturated carbocycles. The summed E-state index contributed by atoms with van der Waals surface area (Å²) in [5.41, 5.74) is 1.70. The van der Waals surface area contributed by atoms with Crippen LogP contribution in [0.4, 0.5) is 4.79 Å². The maximum Gasteiger partial charge on any atom is 0.407 e. The molecule has 1 N–H and O–H groups in total. The number of hydrogen-bond acceptors (Lipinski definition) is 5. The van der Waals surface area contributed by atoms with Crippen molar-refractivity contribution in [3.05, 3.63) is 40.4 Å². The second kappa shape index (κ2) is 7.65. The predicted molar refractivity (Wildman–Crippen MR) is 113 cm³/mol. The molecular weight excluding hydrogens is 394 g/mol. The lowest BCUT2D eigenvalue weighted by atomic mass is 9.96. The third kappa shape index (κ3) is 4.19. The molecule has 0 spiro atoms. The molecule has 150 valence electrons. The van der Waals surface area contributed by atoms with E-state index in [1.54, 1.807) is 17.5 Å². The summed E-state index contributed by atoms with van der Waals surface area (Å²) in [5.74, 6) is 0. The average molecular weight is 420 g/mol. The molecule has 1 aromatic carbocycles. The quantitative estimate of drug-likeness (QED) is 0.749. The van der Waals surface area contributed by atoms with Crippen molar-refractivity contribution in [3.8, 4) is 10.6 Å². The molecule has 3 atom stereocenters. The van der Waals surface area contributed by atoms with Crippen LogP contribution < -0.4 is 5.32 Å². The third-order valence-electron chi connectivity index (χ3n) is 5.44. The van der Waals surface area contributed by atoms with E-state index in [0.29, 0.717) is 12.1 Å². The summed E-state index contributed by atoms with van der Waals surface area (Å²) in [7, 11) is 0. The molecule has 28 heavy (non-hydrogen) atoms. The molecule has 0 unspecified atom stereocenters. The zero-order valence-corrected chi connectivity index (χ0v) is 18.0. The summed E-state index contributed by atoms with van der Waals surface area (Å²) < 4.78 is 5.43. The molecule has 3 heterocycles. The minimum atomic E-state index is -0.475. The van der Waals surface area contributed by atoms with E-state index in [1.807, 2.05) is 32.2 Å². The number of alkyl carbamates (subject to hydrolysis) is 1. The van der Waals surface area contributed by atoms with Crippen LogP contribution >= 0.6 is 22.9 Å². The smallest absolute Gasteiger partial charge is 0.407 e. The minimum absolute atomic E-state index is 0.152. The highest BCUT2D eigenvalue weighted by Crippen LogP contribution is 2.39. The number of nitrogens with one attached hydrogen (secondary N) is 1. The first kappa shape index (κ1) is 19.7. The Kier molecular flexibility index (Phi) is 5.38. The van der Waals surface area contributed by atoms with Crippen LogP contribution in [0.15, 0.2) is 29.8 Å². The van der Waals surface area contributed by atoms with Gasteiger partial charge in [-0.1, -0.05) is 23.7 Å². The number of benzene rings is 1. The lowest BCUT2D eigenvalue weighted by molar-refractivity contribution is 0.0491. The van der Waals surface area contributed by atoms with Crippen LogP contribution in [-0.2, 0) is 11.3 Å². The molecule has 2 aliphatic rings. The summed E-state index contributed by atoms with van der Waals surface area (Å²) in [6, 6.07) is 7.25. The fourth-order valence-electron chi connectivity index (χ4n) is 4.36. The van der Waals surface area contributed by atoms with Gasteiger partial charge in [0.1, 0.15) is 10.6 Å². The Morgan fingerprint density at radius 1 is 1.39 bits per heavy atom. The van der Waals surface area contributed by atoms with Crippen molar-refractivity contribution in [1.82, 2.24) is 15.2 Å². The second-order valence-corrected chi connectivity index (χ2v) is 9.91. The second-order valence-electron chi connectivity index (χ2n) is 8.61. The molecule has 0 aliphatic carbocycles. The van der Waals surface area contributed by atoms with Crippen LogP contribution in [-0.4, -0.2) is 39.7 Å². The molecule has 0 radical (unpaired) electrons. The van der Waals surface area contributed by atoms with Crippen molar-refractivity contribution in [2.24, 2.45) is 0 Å². The summed E-state index contributed by atoms with van der Waals surface area (Å²) in [4.78, 5) is 19.0. The first-order valence-corrected chi connectivity index (χ1v) is 11.0. The van der Waals surface area contributed by atoms with Crippen molar-refractivity contribution in [2.45, 2.75) is 70.3 Å². The summed E-state index contributed by atoms with van der Waals surface area (Å²) >= 11 is 8.12. The van der Waals surface area contributed by atoms with Gasteiger partial charge in [0.15, 0.2) is 0 Å². The Morgan fingerprint density at radius 3 is 2.89 bits per heavy atom. The Bertz CT molecular complexity index is 850. The number of carbonyl (C=O) groups excluding carboxylic acids is 1. The average Bonchev–Trinajstić information content (AvgIpc) is 3.30. The van der Waals surface area contributed by atoms with Crippen LogP contribution in [0.5, 0.6) is 0 Å². The van der Waals surface area contributed by atoms with E-state index >= 15 is 0 Å². The number of hydrogen-bond donors (Lipinski definition) is 1. The molecule has 5 nitrogen and oxygen atoms in total.